The summed E-state index contributed by atoms with van der Waals surface area (Å²) in [6.45, 7) is 19.9. The van der Waals surface area contributed by atoms with Gasteiger partial charge in [0.2, 0.25) is 0 Å². The fourth-order valence-corrected chi connectivity index (χ4v) is 47.1. The Hall–Kier alpha value is 1.48. The molecule has 0 atom stereocenters. The first-order valence-electron chi connectivity index (χ1n) is 12.8. The minimum atomic E-state index is -3.57. The molecule has 5 heteroatoms. The van der Waals surface area contributed by atoms with Gasteiger partial charge >= 0.3 is 196 Å². The predicted molar refractivity (Wildman–Crippen MR) is 133 cm³/mol. The number of unbranched alkanes of at least 4 members (excludes halogenated alkanes) is 4. The second-order valence-corrected chi connectivity index (χ2v) is 32.3. The molecule has 0 N–H and O–H groups in total. The summed E-state index contributed by atoms with van der Waals surface area (Å²) in [4.78, 5) is 0. The Morgan fingerprint density at radius 2 is 0.897 bits per heavy atom. The van der Waals surface area contributed by atoms with Gasteiger partial charge in [-0.1, -0.05) is 0 Å². The van der Waals surface area contributed by atoms with Gasteiger partial charge in [0.05, 0.1) is 0 Å². The first-order valence-corrected chi connectivity index (χ1v) is 25.5. The van der Waals surface area contributed by atoms with E-state index in [1.807, 2.05) is 0 Å². The fraction of sp³-hybridized carbons (Fsp3) is 1.00. The normalized spacial score (nSPS) is 13.0. The summed E-state index contributed by atoms with van der Waals surface area (Å²) in [6, 6.07) is 0. The van der Waals surface area contributed by atoms with E-state index in [0.717, 1.165) is 17.7 Å². The summed E-state index contributed by atoms with van der Waals surface area (Å²) in [7, 11) is 0. The summed E-state index contributed by atoms with van der Waals surface area (Å²) in [5.74, 6) is 1.07. The molecule has 0 aliphatic carbocycles. The molecule has 0 radical (unpaired) electrons. The van der Waals surface area contributed by atoms with Crippen LogP contribution in [0.3, 0.4) is 0 Å². The molecule has 0 unspecified atom stereocenters. The SMILES string of the molecule is CCC[CH2][Sn]([CH2]CCC)([CH2]CCC)[O][Sn]([CH2]CCC)([O]CC(C)C)[O]CC(C)C. The molecule has 0 spiro atoms. The molecule has 0 aromatic carbocycles. The van der Waals surface area contributed by atoms with Crippen molar-refractivity contribution >= 4 is 38.4 Å². The van der Waals surface area contributed by atoms with E-state index in [4.69, 9.17) is 7.56 Å². The third-order valence-corrected chi connectivity index (χ3v) is 38.9. The van der Waals surface area contributed by atoms with Crippen LogP contribution in [0.4, 0.5) is 0 Å². The van der Waals surface area contributed by atoms with Crippen molar-refractivity contribution < 1.29 is 7.56 Å². The molecule has 0 fully saturated rings. The van der Waals surface area contributed by atoms with Gasteiger partial charge < -0.3 is 0 Å². The van der Waals surface area contributed by atoms with Crippen molar-refractivity contribution in [3.63, 3.8) is 0 Å². The average molecular weight is 628 g/mol. The van der Waals surface area contributed by atoms with E-state index in [-0.39, 0.29) is 0 Å². The Labute approximate surface area is 194 Å². The molecule has 29 heavy (non-hydrogen) atoms. The molecule has 0 aromatic heterocycles. The van der Waals surface area contributed by atoms with E-state index in [2.05, 4.69) is 55.4 Å². The van der Waals surface area contributed by atoms with Gasteiger partial charge in [-0.3, -0.25) is 0 Å². The quantitative estimate of drug-likeness (QED) is 0.127. The standard InChI is InChI=1S/2C4H9O.4C4H9.O.2Sn/c2*1-4(2)3-5;4*1-3-4-2;;;/h2*4H,3H2,1-2H3;4*1,3-4H2,2H3;;;/q2*-1;;;;;;;+2. The van der Waals surface area contributed by atoms with Crippen LogP contribution in [-0.4, -0.2) is 51.6 Å². The van der Waals surface area contributed by atoms with Crippen molar-refractivity contribution in [3.05, 3.63) is 0 Å². The van der Waals surface area contributed by atoms with Gasteiger partial charge in [0.15, 0.2) is 0 Å². The Kier molecular flexibility index (Phi) is 18.9. The Balaban J connectivity index is 5.86. The van der Waals surface area contributed by atoms with Crippen molar-refractivity contribution in [2.75, 3.05) is 13.2 Å². The molecule has 0 bridgehead atoms. The molecule has 0 saturated heterocycles. The first-order chi connectivity index (χ1) is 13.8. The molecule has 0 aliphatic rings. The van der Waals surface area contributed by atoms with Gasteiger partial charge in [0.25, 0.3) is 0 Å². The molecule has 0 rings (SSSR count). The van der Waals surface area contributed by atoms with Gasteiger partial charge in [-0.15, -0.1) is 0 Å². The van der Waals surface area contributed by atoms with Gasteiger partial charge in [-0.25, -0.2) is 0 Å². The van der Waals surface area contributed by atoms with Crippen molar-refractivity contribution in [3.8, 4) is 0 Å². The van der Waals surface area contributed by atoms with Crippen molar-refractivity contribution in [2.45, 2.75) is 125 Å². The zero-order valence-corrected chi connectivity index (χ0v) is 27.0. The third-order valence-electron chi connectivity index (χ3n) is 5.44. The predicted octanol–water partition coefficient (Wildman–Crippen LogP) is 8.43. The topological polar surface area (TPSA) is 27.7 Å². The first kappa shape index (κ1) is 30.5. The van der Waals surface area contributed by atoms with Crippen LogP contribution in [0.2, 0.25) is 17.7 Å². The van der Waals surface area contributed by atoms with Crippen LogP contribution in [-0.2, 0) is 7.56 Å². The van der Waals surface area contributed by atoms with Gasteiger partial charge in [0.1, 0.15) is 0 Å². The van der Waals surface area contributed by atoms with Crippen LogP contribution in [0.15, 0.2) is 0 Å². The average Bonchev–Trinajstić information content (AvgIpc) is 2.70. The Bertz CT molecular complexity index is 341. The van der Waals surface area contributed by atoms with E-state index >= 15 is 0 Å². The zero-order valence-electron chi connectivity index (χ0n) is 21.3. The maximum atomic E-state index is 7.51. The van der Waals surface area contributed by atoms with Crippen LogP contribution >= 0.6 is 0 Å². The van der Waals surface area contributed by atoms with E-state index in [9.17, 15) is 0 Å². The molecule has 3 nitrogen and oxygen atoms in total. The minimum absolute atomic E-state index is 0.533. The Morgan fingerprint density at radius 1 is 0.552 bits per heavy atom. The summed E-state index contributed by atoms with van der Waals surface area (Å²) in [5.41, 5.74) is 0. The van der Waals surface area contributed by atoms with E-state index in [1.54, 1.807) is 0 Å². The molecule has 0 saturated carbocycles. The van der Waals surface area contributed by atoms with Gasteiger partial charge in [0, 0.05) is 0 Å². The molecule has 176 valence electrons. The summed E-state index contributed by atoms with van der Waals surface area (Å²) in [6.07, 6.45) is 10.2. The van der Waals surface area contributed by atoms with Gasteiger partial charge in [-0.2, -0.15) is 0 Å². The summed E-state index contributed by atoms with van der Waals surface area (Å²) in [5, 5.41) is 0. The Morgan fingerprint density at radius 3 is 1.21 bits per heavy atom. The zero-order chi connectivity index (χ0) is 22.2. The monoisotopic (exact) mass is 630 g/mol. The maximum absolute atomic E-state index is 7.51. The van der Waals surface area contributed by atoms with Crippen LogP contribution in [0.1, 0.15) is 107 Å². The van der Waals surface area contributed by atoms with Crippen LogP contribution in [0, 0.1) is 11.8 Å². The van der Waals surface area contributed by atoms with Crippen molar-refractivity contribution in [2.24, 2.45) is 11.8 Å². The van der Waals surface area contributed by atoms with Crippen molar-refractivity contribution in [1.82, 2.24) is 0 Å². The molecule has 0 heterocycles. The fourth-order valence-electron chi connectivity index (χ4n) is 3.63. The molecular weight excluding hydrogens is 574 g/mol. The summed E-state index contributed by atoms with van der Waals surface area (Å²) >= 11 is -6.34. The van der Waals surface area contributed by atoms with E-state index < -0.39 is 38.4 Å². The molecule has 0 aliphatic heterocycles. The van der Waals surface area contributed by atoms with Gasteiger partial charge in [-0.05, 0) is 0 Å². The second-order valence-electron chi connectivity index (χ2n) is 9.79. The third kappa shape index (κ3) is 14.3. The number of rotatable bonds is 20. The van der Waals surface area contributed by atoms with Crippen LogP contribution in [0.5, 0.6) is 0 Å². The van der Waals surface area contributed by atoms with E-state index in [0.29, 0.717) is 11.8 Å². The summed E-state index contributed by atoms with van der Waals surface area (Å²) < 4.78 is 26.2. The van der Waals surface area contributed by atoms with Crippen LogP contribution in [0.25, 0.3) is 0 Å². The molecule has 0 aromatic rings. The van der Waals surface area contributed by atoms with Crippen LogP contribution < -0.4 is 0 Å². The molecular formula is C24H54O3Sn2. The number of hydrogen-bond acceptors (Lipinski definition) is 3. The molecule has 0 amide bonds. The van der Waals surface area contributed by atoms with Crippen molar-refractivity contribution in [1.29, 1.82) is 0 Å². The second kappa shape index (κ2) is 18.0. The number of hydrogen-bond donors (Lipinski definition) is 0. The van der Waals surface area contributed by atoms with E-state index in [1.165, 1.54) is 64.7 Å².